The second-order valence-corrected chi connectivity index (χ2v) is 5.01. The summed E-state index contributed by atoms with van der Waals surface area (Å²) in [7, 11) is 3.71. The zero-order chi connectivity index (χ0) is 14.5. The van der Waals surface area contributed by atoms with E-state index < -0.39 is 0 Å². The SMILES string of the molecule is COc1ccc(CN(C)Cc2cccc(C)n2)c(N)c1. The van der Waals surface area contributed by atoms with Crippen LogP contribution in [0.3, 0.4) is 0 Å². The minimum atomic E-state index is 0.758. The summed E-state index contributed by atoms with van der Waals surface area (Å²) in [4.78, 5) is 6.71. The number of methoxy groups -OCH3 is 1. The van der Waals surface area contributed by atoms with E-state index in [2.05, 4.69) is 16.9 Å². The van der Waals surface area contributed by atoms with E-state index in [1.165, 1.54) is 0 Å². The number of nitrogens with two attached hydrogens (primary N) is 1. The molecule has 0 saturated carbocycles. The molecular formula is C16H21N3O. The molecule has 1 heterocycles. The van der Waals surface area contributed by atoms with Gasteiger partial charge in [0.2, 0.25) is 0 Å². The molecule has 0 radical (unpaired) electrons. The van der Waals surface area contributed by atoms with Gasteiger partial charge >= 0.3 is 0 Å². The molecule has 0 aliphatic heterocycles. The van der Waals surface area contributed by atoms with Crippen LogP contribution in [0.5, 0.6) is 5.75 Å². The Hall–Kier alpha value is -2.07. The minimum Gasteiger partial charge on any atom is -0.497 e. The second-order valence-electron chi connectivity index (χ2n) is 5.01. The molecule has 0 fully saturated rings. The molecule has 0 amide bonds. The Morgan fingerprint density at radius 3 is 2.65 bits per heavy atom. The third kappa shape index (κ3) is 3.71. The lowest BCUT2D eigenvalue weighted by atomic mass is 10.1. The topological polar surface area (TPSA) is 51.4 Å². The van der Waals surface area contributed by atoms with Crippen molar-refractivity contribution >= 4 is 5.69 Å². The standard InChI is InChI=1S/C16H21N3O/c1-12-5-4-6-14(18-12)11-19(2)10-13-7-8-15(20-3)9-16(13)17/h4-9H,10-11,17H2,1-3H3. The lowest BCUT2D eigenvalue weighted by Crippen LogP contribution is -2.19. The van der Waals surface area contributed by atoms with Crippen LogP contribution in [0.25, 0.3) is 0 Å². The largest absolute Gasteiger partial charge is 0.497 e. The number of anilines is 1. The molecule has 0 saturated heterocycles. The van der Waals surface area contributed by atoms with Gasteiger partial charge in [0.15, 0.2) is 0 Å². The minimum absolute atomic E-state index is 0.758. The van der Waals surface area contributed by atoms with Crippen LogP contribution < -0.4 is 10.5 Å². The maximum atomic E-state index is 6.04. The molecule has 106 valence electrons. The van der Waals surface area contributed by atoms with Gasteiger partial charge in [-0.2, -0.15) is 0 Å². The van der Waals surface area contributed by atoms with Crippen LogP contribution >= 0.6 is 0 Å². The highest BCUT2D eigenvalue weighted by Crippen LogP contribution is 2.21. The van der Waals surface area contributed by atoms with Crippen molar-refractivity contribution in [1.82, 2.24) is 9.88 Å². The van der Waals surface area contributed by atoms with Crippen LogP contribution in [0.4, 0.5) is 5.69 Å². The van der Waals surface area contributed by atoms with Crippen LogP contribution in [-0.4, -0.2) is 24.0 Å². The van der Waals surface area contributed by atoms with Gasteiger partial charge in [0.1, 0.15) is 5.75 Å². The predicted molar refractivity (Wildman–Crippen MR) is 81.6 cm³/mol. The summed E-state index contributed by atoms with van der Waals surface area (Å²) in [6.07, 6.45) is 0. The fourth-order valence-electron chi connectivity index (χ4n) is 2.15. The maximum absolute atomic E-state index is 6.04. The van der Waals surface area contributed by atoms with Crippen LogP contribution in [0, 0.1) is 6.92 Å². The molecule has 2 aromatic rings. The lowest BCUT2D eigenvalue weighted by Gasteiger charge is -2.18. The van der Waals surface area contributed by atoms with Crippen LogP contribution in [0.2, 0.25) is 0 Å². The van der Waals surface area contributed by atoms with Gasteiger partial charge in [-0.3, -0.25) is 9.88 Å². The van der Waals surface area contributed by atoms with E-state index in [0.29, 0.717) is 0 Å². The van der Waals surface area contributed by atoms with E-state index in [1.54, 1.807) is 7.11 Å². The van der Waals surface area contributed by atoms with E-state index in [0.717, 1.165) is 41.5 Å². The third-order valence-electron chi connectivity index (χ3n) is 3.17. The smallest absolute Gasteiger partial charge is 0.120 e. The van der Waals surface area contributed by atoms with Gasteiger partial charge in [-0.15, -0.1) is 0 Å². The molecule has 1 aromatic carbocycles. The van der Waals surface area contributed by atoms with Crippen LogP contribution in [-0.2, 0) is 13.1 Å². The van der Waals surface area contributed by atoms with Gasteiger partial charge < -0.3 is 10.5 Å². The normalized spacial score (nSPS) is 10.8. The number of aromatic nitrogens is 1. The number of aryl methyl sites for hydroxylation is 1. The first kappa shape index (κ1) is 14.3. The third-order valence-corrected chi connectivity index (χ3v) is 3.17. The van der Waals surface area contributed by atoms with Gasteiger partial charge in [-0.25, -0.2) is 0 Å². The van der Waals surface area contributed by atoms with Gasteiger partial charge in [-0.05, 0) is 37.7 Å². The summed E-state index contributed by atoms with van der Waals surface area (Å²) in [5.41, 5.74) is 10.0. The fourth-order valence-corrected chi connectivity index (χ4v) is 2.15. The van der Waals surface area contributed by atoms with Crippen molar-refractivity contribution in [2.45, 2.75) is 20.0 Å². The number of hydrogen-bond acceptors (Lipinski definition) is 4. The van der Waals surface area contributed by atoms with Crippen molar-refractivity contribution in [3.8, 4) is 5.75 Å². The average molecular weight is 271 g/mol. The number of benzene rings is 1. The van der Waals surface area contributed by atoms with Crippen molar-refractivity contribution in [2.75, 3.05) is 19.9 Å². The molecule has 20 heavy (non-hydrogen) atoms. The number of nitrogens with zero attached hydrogens (tertiary/aromatic N) is 2. The van der Waals surface area contributed by atoms with Gasteiger partial charge in [0.05, 0.1) is 12.8 Å². The number of hydrogen-bond donors (Lipinski definition) is 1. The fraction of sp³-hybridized carbons (Fsp3) is 0.312. The predicted octanol–water partition coefficient (Wildman–Crippen LogP) is 2.61. The Bertz CT molecular complexity index is 584. The number of pyridine rings is 1. The Morgan fingerprint density at radius 2 is 2.00 bits per heavy atom. The number of ether oxygens (including phenoxy) is 1. The number of rotatable bonds is 5. The monoisotopic (exact) mass is 271 g/mol. The molecular weight excluding hydrogens is 250 g/mol. The van der Waals surface area contributed by atoms with Gasteiger partial charge in [0, 0.05) is 30.5 Å². The summed E-state index contributed by atoms with van der Waals surface area (Å²) in [5.74, 6) is 0.786. The quantitative estimate of drug-likeness (QED) is 0.849. The average Bonchev–Trinajstić information content (AvgIpc) is 2.41. The van der Waals surface area contributed by atoms with Crippen molar-refractivity contribution in [2.24, 2.45) is 0 Å². The Morgan fingerprint density at radius 1 is 1.20 bits per heavy atom. The number of nitrogen functional groups attached to an aromatic ring is 1. The van der Waals surface area contributed by atoms with Gasteiger partial charge in [0.25, 0.3) is 0 Å². The highest BCUT2D eigenvalue weighted by molar-refractivity contribution is 5.51. The zero-order valence-electron chi connectivity index (χ0n) is 12.3. The molecule has 0 aliphatic carbocycles. The lowest BCUT2D eigenvalue weighted by molar-refractivity contribution is 0.315. The molecule has 2 rings (SSSR count). The van der Waals surface area contributed by atoms with Crippen molar-refractivity contribution in [1.29, 1.82) is 0 Å². The Kier molecular flexibility index (Phi) is 4.58. The molecule has 1 aromatic heterocycles. The molecule has 0 spiro atoms. The molecule has 4 heteroatoms. The molecule has 0 bridgehead atoms. The Balaban J connectivity index is 2.02. The highest BCUT2D eigenvalue weighted by Gasteiger charge is 2.06. The molecule has 0 atom stereocenters. The summed E-state index contributed by atoms with van der Waals surface area (Å²) >= 11 is 0. The molecule has 0 unspecified atom stereocenters. The van der Waals surface area contributed by atoms with E-state index >= 15 is 0 Å². The Labute approximate surface area is 120 Å². The van der Waals surface area contributed by atoms with Crippen molar-refractivity contribution in [3.05, 3.63) is 53.3 Å². The first-order chi connectivity index (χ1) is 9.58. The zero-order valence-corrected chi connectivity index (χ0v) is 12.3. The first-order valence-electron chi connectivity index (χ1n) is 6.62. The summed E-state index contributed by atoms with van der Waals surface area (Å²) in [6.45, 7) is 3.59. The van der Waals surface area contributed by atoms with Crippen molar-refractivity contribution < 1.29 is 4.74 Å². The van der Waals surface area contributed by atoms with Crippen LogP contribution in [0.1, 0.15) is 17.0 Å². The molecule has 4 nitrogen and oxygen atoms in total. The summed E-state index contributed by atoms with van der Waals surface area (Å²) in [5, 5.41) is 0. The summed E-state index contributed by atoms with van der Waals surface area (Å²) < 4.78 is 5.16. The highest BCUT2D eigenvalue weighted by atomic mass is 16.5. The molecule has 0 aliphatic rings. The maximum Gasteiger partial charge on any atom is 0.120 e. The van der Waals surface area contributed by atoms with Gasteiger partial charge in [-0.1, -0.05) is 12.1 Å². The van der Waals surface area contributed by atoms with Crippen LogP contribution in [0.15, 0.2) is 36.4 Å². The van der Waals surface area contributed by atoms with E-state index in [1.807, 2.05) is 43.3 Å². The second kappa shape index (κ2) is 6.39. The van der Waals surface area contributed by atoms with E-state index in [9.17, 15) is 0 Å². The van der Waals surface area contributed by atoms with E-state index in [4.69, 9.17) is 10.5 Å². The first-order valence-corrected chi connectivity index (χ1v) is 6.62. The molecule has 2 N–H and O–H groups in total. The summed E-state index contributed by atoms with van der Waals surface area (Å²) in [6, 6.07) is 11.9. The van der Waals surface area contributed by atoms with Crippen molar-refractivity contribution in [3.63, 3.8) is 0 Å². The van der Waals surface area contributed by atoms with E-state index in [-0.39, 0.29) is 0 Å².